The first-order valence-electron chi connectivity index (χ1n) is 24.8. The van der Waals surface area contributed by atoms with Crippen LogP contribution < -0.4 is 14.5 Å². The second-order valence-corrected chi connectivity index (χ2v) is 18.5. The molecule has 4 aromatic heterocycles. The fraction of sp³-hybridized carbons (Fsp3) is 0. The van der Waals surface area contributed by atoms with Crippen LogP contribution in [0.5, 0.6) is 11.5 Å². The third kappa shape index (κ3) is 7.50. The maximum Gasteiger partial charge on any atom is 0.151 e. The van der Waals surface area contributed by atoms with E-state index in [1.807, 2.05) is 61.1 Å². The molecule has 0 spiro atoms. The molecule has 0 N–H and O–H groups in total. The normalized spacial score (nSPS) is 11.9. The lowest BCUT2D eigenvalue weighted by atomic mass is 10.0. The number of rotatable bonds is 9. The van der Waals surface area contributed by atoms with Gasteiger partial charge in [-0.15, -0.1) is 0 Å². The van der Waals surface area contributed by atoms with Crippen LogP contribution in [0.25, 0.3) is 83.0 Å². The second-order valence-electron chi connectivity index (χ2n) is 18.5. The topological polar surface area (TPSA) is 59.3 Å². The molecule has 0 radical (unpaired) electrons. The second kappa shape index (κ2) is 17.9. The molecule has 0 fully saturated rings. The van der Waals surface area contributed by atoms with Gasteiger partial charge in [0.2, 0.25) is 0 Å². The largest absolute Gasteiger partial charge is 0.453 e. The van der Waals surface area contributed by atoms with Crippen LogP contribution in [-0.2, 0) is 0 Å². The fourth-order valence-corrected chi connectivity index (χ4v) is 10.6. The van der Waals surface area contributed by atoms with Crippen LogP contribution in [0.2, 0.25) is 0 Å². The van der Waals surface area contributed by atoms with Gasteiger partial charge >= 0.3 is 0 Å². The molecule has 0 atom stereocenters. The number of fused-ring (bicyclic) bond motifs is 6. The first-order chi connectivity index (χ1) is 36.7. The van der Waals surface area contributed by atoms with E-state index >= 15 is 0 Å². The Morgan fingerprint density at radius 2 is 0.851 bits per heavy atom. The van der Waals surface area contributed by atoms with Crippen LogP contribution in [0.3, 0.4) is 0 Å². The lowest BCUT2D eigenvalue weighted by Gasteiger charge is -2.33. The highest BCUT2D eigenvalue weighted by Gasteiger charge is 2.29. The van der Waals surface area contributed by atoms with Crippen molar-refractivity contribution in [3.05, 3.63) is 267 Å². The van der Waals surface area contributed by atoms with Gasteiger partial charge in [-0.3, -0.25) is 19.4 Å². The monoisotopic (exact) mass is 948 g/mol. The molecule has 13 aromatic rings. The van der Waals surface area contributed by atoms with Crippen molar-refractivity contribution in [1.82, 2.24) is 19.5 Å². The first kappa shape index (κ1) is 42.7. The van der Waals surface area contributed by atoms with E-state index in [1.54, 1.807) is 0 Å². The molecule has 7 heteroatoms. The molecule has 0 amide bonds. The molecule has 0 saturated heterocycles. The van der Waals surface area contributed by atoms with Crippen molar-refractivity contribution in [3.63, 3.8) is 0 Å². The van der Waals surface area contributed by atoms with Gasteiger partial charge in [-0.05, 0) is 142 Å². The molecule has 0 aliphatic carbocycles. The number of aromatic nitrogens is 4. The molecule has 9 aromatic carbocycles. The van der Waals surface area contributed by atoms with E-state index in [0.29, 0.717) is 0 Å². The predicted octanol–water partition coefficient (Wildman–Crippen LogP) is 17.8. The van der Waals surface area contributed by atoms with E-state index in [4.69, 9.17) is 9.72 Å². The van der Waals surface area contributed by atoms with Crippen LogP contribution in [0, 0.1) is 0 Å². The van der Waals surface area contributed by atoms with Crippen molar-refractivity contribution in [3.8, 4) is 61.8 Å². The summed E-state index contributed by atoms with van der Waals surface area (Å²) in [6, 6.07) is 87.9. The van der Waals surface area contributed by atoms with Gasteiger partial charge in [0.15, 0.2) is 11.5 Å². The molecule has 7 nitrogen and oxygen atoms in total. The maximum atomic E-state index is 6.59. The van der Waals surface area contributed by atoms with Gasteiger partial charge < -0.3 is 9.64 Å². The first-order valence-corrected chi connectivity index (χ1v) is 24.8. The third-order valence-electron chi connectivity index (χ3n) is 14.1. The van der Waals surface area contributed by atoms with Gasteiger partial charge in [-0.25, -0.2) is 4.98 Å². The van der Waals surface area contributed by atoms with Gasteiger partial charge in [-0.2, -0.15) is 0 Å². The average Bonchev–Trinajstić information content (AvgIpc) is 3.81. The summed E-state index contributed by atoms with van der Waals surface area (Å²) in [6.45, 7) is 0. The Kier molecular flexibility index (Phi) is 10.4. The quantitative estimate of drug-likeness (QED) is 0.144. The van der Waals surface area contributed by atoms with E-state index in [2.05, 4.69) is 231 Å². The molecule has 5 heterocycles. The molecule has 1 aliphatic rings. The highest BCUT2D eigenvalue weighted by Crippen LogP contribution is 2.51. The molecule has 74 heavy (non-hydrogen) atoms. The number of hydrogen-bond donors (Lipinski definition) is 0. The van der Waals surface area contributed by atoms with Gasteiger partial charge in [0.05, 0.1) is 33.6 Å². The summed E-state index contributed by atoms with van der Waals surface area (Å²) in [6.07, 6.45) is 5.57. The molecule has 0 unspecified atom stereocenters. The van der Waals surface area contributed by atoms with E-state index in [0.717, 1.165) is 129 Å². The summed E-state index contributed by atoms with van der Waals surface area (Å²) >= 11 is 0. The SMILES string of the molecule is c1ccc(-c2ccc3c(c2)c2cc(-c4ccccc4)ccc2n3-c2cc(N(c3ccc(-c4ccncc4)cc3)c3ccc(-c4ccnc5ccccc45)cc3)cc(N3c4ccccc4Oc4ccccc43)n2)cc1. The molecule has 1 aliphatic heterocycles. The van der Waals surface area contributed by atoms with Gasteiger partial charge in [0.25, 0.3) is 0 Å². The summed E-state index contributed by atoms with van der Waals surface area (Å²) in [5, 5.41) is 3.38. The number of para-hydroxylation sites is 5. The minimum Gasteiger partial charge on any atom is -0.453 e. The average molecular weight is 949 g/mol. The minimum atomic E-state index is 0.732. The molecule has 0 bridgehead atoms. The Morgan fingerprint density at radius 3 is 1.47 bits per heavy atom. The van der Waals surface area contributed by atoms with E-state index < -0.39 is 0 Å². The van der Waals surface area contributed by atoms with Crippen molar-refractivity contribution >= 4 is 67.0 Å². The summed E-state index contributed by atoms with van der Waals surface area (Å²) < 4.78 is 8.92. The standard InChI is InChI=1S/C67H44N6O/c1-3-13-45(14-4-1)50-27-33-60-57(41-50)58-42-51(46-15-5-2-6-16-46)28-34-61(58)72(60)66-43-54(44-67(70-66)73-62-19-9-11-21-64(62)74-65-22-12-10-20-63(65)73)71(52-29-23-47(24-30-52)48-35-38-68-39-36-48)53-31-25-49(26-32-53)55-37-40-69-59-18-8-7-17-56(55)59/h1-44H. The third-order valence-corrected chi connectivity index (χ3v) is 14.1. The van der Waals surface area contributed by atoms with Crippen LogP contribution >= 0.6 is 0 Å². The summed E-state index contributed by atoms with van der Waals surface area (Å²) in [5.41, 5.74) is 16.8. The van der Waals surface area contributed by atoms with Crippen LogP contribution in [0.4, 0.5) is 34.3 Å². The van der Waals surface area contributed by atoms with E-state index in [1.165, 1.54) is 0 Å². The Labute approximate surface area is 428 Å². The molecular weight excluding hydrogens is 905 g/mol. The zero-order valence-electron chi connectivity index (χ0n) is 40.0. The molecular formula is C67H44N6O. The van der Waals surface area contributed by atoms with Crippen molar-refractivity contribution in [1.29, 1.82) is 0 Å². The van der Waals surface area contributed by atoms with Crippen molar-refractivity contribution in [2.45, 2.75) is 0 Å². The van der Waals surface area contributed by atoms with Crippen LogP contribution in [-0.4, -0.2) is 19.5 Å². The highest BCUT2D eigenvalue weighted by molar-refractivity contribution is 6.12. The lowest BCUT2D eigenvalue weighted by molar-refractivity contribution is 0.476. The van der Waals surface area contributed by atoms with Crippen molar-refractivity contribution < 1.29 is 4.74 Å². The van der Waals surface area contributed by atoms with Crippen molar-refractivity contribution in [2.24, 2.45) is 0 Å². The zero-order chi connectivity index (χ0) is 49.0. The summed E-state index contributed by atoms with van der Waals surface area (Å²) in [7, 11) is 0. The van der Waals surface area contributed by atoms with Gasteiger partial charge in [0, 0.05) is 58.3 Å². The molecule has 14 rings (SSSR count). The predicted molar refractivity (Wildman–Crippen MR) is 303 cm³/mol. The number of ether oxygens (including phenoxy) is 1. The Morgan fingerprint density at radius 1 is 0.351 bits per heavy atom. The molecule has 348 valence electrons. The van der Waals surface area contributed by atoms with Gasteiger partial charge in [0.1, 0.15) is 11.6 Å². The van der Waals surface area contributed by atoms with E-state index in [-0.39, 0.29) is 0 Å². The number of hydrogen-bond acceptors (Lipinski definition) is 6. The Balaban J connectivity index is 1.03. The summed E-state index contributed by atoms with van der Waals surface area (Å²) in [5.74, 6) is 3.00. The van der Waals surface area contributed by atoms with Crippen LogP contribution in [0.15, 0.2) is 267 Å². The fourth-order valence-electron chi connectivity index (χ4n) is 10.6. The minimum absolute atomic E-state index is 0.732. The number of nitrogens with zero attached hydrogens (tertiary/aromatic N) is 6. The Hall–Kier alpha value is -10.1. The zero-order valence-corrected chi connectivity index (χ0v) is 40.0. The number of anilines is 6. The maximum absolute atomic E-state index is 6.59. The number of benzene rings is 9. The van der Waals surface area contributed by atoms with E-state index in [9.17, 15) is 0 Å². The van der Waals surface area contributed by atoms with Crippen molar-refractivity contribution in [2.75, 3.05) is 9.80 Å². The summed E-state index contributed by atoms with van der Waals surface area (Å²) in [4.78, 5) is 19.3. The lowest BCUT2D eigenvalue weighted by Crippen LogP contribution is -2.19. The van der Waals surface area contributed by atoms with Crippen LogP contribution in [0.1, 0.15) is 0 Å². The highest BCUT2D eigenvalue weighted by atomic mass is 16.5. The smallest absolute Gasteiger partial charge is 0.151 e. The Bertz CT molecular complexity index is 4070. The molecule has 0 saturated carbocycles. The van der Waals surface area contributed by atoms with Gasteiger partial charge in [-0.1, -0.05) is 140 Å². The number of pyridine rings is 3.